The van der Waals surface area contributed by atoms with E-state index in [-0.39, 0.29) is 19.1 Å². The number of nitrogens with two attached hydrogens (primary N) is 1. The van der Waals surface area contributed by atoms with E-state index in [1.165, 1.54) is 17.1 Å². The summed E-state index contributed by atoms with van der Waals surface area (Å²) in [5, 5.41) is 6.32. The maximum atomic E-state index is 11.2. The van der Waals surface area contributed by atoms with Crippen molar-refractivity contribution in [1.29, 1.82) is 0 Å². The molecule has 0 fully saturated rings. The lowest BCUT2D eigenvalue weighted by atomic mass is 10.6. The summed E-state index contributed by atoms with van der Waals surface area (Å²) < 4.78 is 6.06. The fourth-order valence-corrected chi connectivity index (χ4v) is 1.04. The monoisotopic (exact) mass is 226 g/mol. The number of likely N-dealkylation sites (N-methyl/N-ethyl adjacent to an activating group) is 1. The minimum atomic E-state index is -0.533. The Kier molecular flexibility index (Phi) is 4.31. The van der Waals surface area contributed by atoms with E-state index in [4.69, 9.17) is 10.5 Å². The Morgan fingerprint density at radius 3 is 2.94 bits per heavy atom. The molecule has 0 radical (unpaired) electrons. The molecule has 7 heteroatoms. The molecule has 1 rings (SSSR count). The van der Waals surface area contributed by atoms with Crippen LogP contribution in [0.5, 0.6) is 0 Å². The maximum absolute atomic E-state index is 11.2. The van der Waals surface area contributed by atoms with Crippen LogP contribution in [-0.4, -0.2) is 34.8 Å². The number of nitrogens with one attached hydrogen (secondary N) is 1. The van der Waals surface area contributed by atoms with Gasteiger partial charge in [0.05, 0.1) is 11.9 Å². The third-order valence-corrected chi connectivity index (χ3v) is 1.68. The van der Waals surface area contributed by atoms with Crippen LogP contribution in [0.15, 0.2) is 12.4 Å². The number of hydrogen-bond acceptors (Lipinski definition) is 5. The third-order valence-electron chi connectivity index (χ3n) is 1.68. The molecule has 0 aliphatic carbocycles. The van der Waals surface area contributed by atoms with Crippen molar-refractivity contribution in [2.75, 3.05) is 18.9 Å². The van der Waals surface area contributed by atoms with Gasteiger partial charge in [-0.2, -0.15) is 5.10 Å². The number of anilines is 1. The van der Waals surface area contributed by atoms with Crippen LogP contribution in [0.1, 0.15) is 6.92 Å². The normalized spacial score (nSPS) is 9.81. The molecule has 1 amide bonds. The first-order valence-corrected chi connectivity index (χ1v) is 4.82. The van der Waals surface area contributed by atoms with Gasteiger partial charge >= 0.3 is 5.97 Å². The second-order valence-electron chi connectivity index (χ2n) is 3.09. The average molecular weight is 226 g/mol. The van der Waals surface area contributed by atoms with Crippen LogP contribution in [0.3, 0.4) is 0 Å². The molecule has 16 heavy (non-hydrogen) atoms. The van der Waals surface area contributed by atoms with Gasteiger partial charge in [-0.05, 0) is 6.92 Å². The highest BCUT2D eigenvalue weighted by atomic mass is 16.5. The van der Waals surface area contributed by atoms with E-state index in [1.54, 1.807) is 6.92 Å². The van der Waals surface area contributed by atoms with E-state index in [0.29, 0.717) is 12.2 Å². The molecule has 0 unspecified atom stereocenters. The summed E-state index contributed by atoms with van der Waals surface area (Å²) in [5.74, 6) is -0.856. The lowest BCUT2D eigenvalue weighted by molar-refractivity contribution is -0.149. The third kappa shape index (κ3) is 3.99. The molecule has 0 aromatic carbocycles. The summed E-state index contributed by atoms with van der Waals surface area (Å²) in [7, 11) is 0. The average Bonchev–Trinajstić information content (AvgIpc) is 2.61. The highest BCUT2D eigenvalue weighted by molar-refractivity contribution is 5.80. The summed E-state index contributed by atoms with van der Waals surface area (Å²) in [6.45, 7) is 1.96. The SMILES string of the molecule is CCNC(=O)COC(=O)Cn1cc(N)cn1. The fraction of sp³-hybridized carbons (Fsp3) is 0.444. The van der Waals surface area contributed by atoms with Crippen LogP contribution in [0, 0.1) is 0 Å². The number of carbonyl (C=O) groups is 2. The Hall–Kier alpha value is -2.05. The predicted octanol–water partition coefficient (Wildman–Crippen LogP) is -0.855. The zero-order valence-electron chi connectivity index (χ0n) is 8.97. The molecule has 1 heterocycles. The standard InChI is InChI=1S/C9H14N4O3/c1-2-11-8(14)6-16-9(15)5-13-4-7(10)3-12-13/h3-4H,2,5-6,10H2,1H3,(H,11,14). The molecule has 7 nitrogen and oxygen atoms in total. The number of esters is 1. The predicted molar refractivity (Wildman–Crippen MR) is 56.3 cm³/mol. The molecule has 1 aromatic heterocycles. The zero-order chi connectivity index (χ0) is 12.0. The second kappa shape index (κ2) is 5.74. The van der Waals surface area contributed by atoms with Gasteiger partial charge in [-0.25, -0.2) is 0 Å². The maximum Gasteiger partial charge on any atom is 0.328 e. The van der Waals surface area contributed by atoms with Crippen LogP contribution < -0.4 is 11.1 Å². The molecule has 0 saturated carbocycles. The van der Waals surface area contributed by atoms with Crippen molar-refractivity contribution in [3.8, 4) is 0 Å². The van der Waals surface area contributed by atoms with Crippen molar-refractivity contribution in [2.45, 2.75) is 13.5 Å². The van der Waals surface area contributed by atoms with E-state index < -0.39 is 5.97 Å². The fourth-order valence-electron chi connectivity index (χ4n) is 1.04. The number of rotatable bonds is 5. The lowest BCUT2D eigenvalue weighted by Crippen LogP contribution is -2.29. The number of nitrogen functional groups attached to an aromatic ring is 1. The Bertz CT molecular complexity index is 375. The van der Waals surface area contributed by atoms with E-state index >= 15 is 0 Å². The summed E-state index contributed by atoms with van der Waals surface area (Å²) >= 11 is 0. The molecular formula is C9H14N4O3. The Morgan fingerprint density at radius 2 is 2.38 bits per heavy atom. The highest BCUT2D eigenvalue weighted by Crippen LogP contribution is 1.97. The van der Waals surface area contributed by atoms with Crippen molar-refractivity contribution in [3.63, 3.8) is 0 Å². The zero-order valence-corrected chi connectivity index (χ0v) is 8.97. The molecular weight excluding hydrogens is 212 g/mol. The summed E-state index contributed by atoms with van der Waals surface area (Å²) in [6, 6.07) is 0. The first-order valence-electron chi connectivity index (χ1n) is 4.82. The number of carbonyl (C=O) groups excluding carboxylic acids is 2. The van der Waals surface area contributed by atoms with Gasteiger partial charge in [0, 0.05) is 12.7 Å². The molecule has 3 N–H and O–H groups in total. The number of aromatic nitrogens is 2. The summed E-state index contributed by atoms with van der Waals surface area (Å²) in [6.07, 6.45) is 2.93. The number of hydrogen-bond donors (Lipinski definition) is 2. The van der Waals surface area contributed by atoms with Crippen LogP contribution >= 0.6 is 0 Å². The minimum Gasteiger partial charge on any atom is -0.454 e. The van der Waals surface area contributed by atoms with Crippen molar-refractivity contribution >= 4 is 17.6 Å². The van der Waals surface area contributed by atoms with Crippen molar-refractivity contribution in [1.82, 2.24) is 15.1 Å². The largest absolute Gasteiger partial charge is 0.454 e. The van der Waals surface area contributed by atoms with Crippen LogP contribution in [0.25, 0.3) is 0 Å². The van der Waals surface area contributed by atoms with Gasteiger partial charge in [-0.3, -0.25) is 14.3 Å². The second-order valence-corrected chi connectivity index (χ2v) is 3.09. The van der Waals surface area contributed by atoms with Crippen molar-refractivity contribution in [3.05, 3.63) is 12.4 Å². The summed E-state index contributed by atoms with van der Waals surface area (Å²) in [5.41, 5.74) is 5.89. The Labute approximate surface area is 92.6 Å². The smallest absolute Gasteiger partial charge is 0.328 e. The highest BCUT2D eigenvalue weighted by Gasteiger charge is 2.07. The van der Waals surface area contributed by atoms with Crippen LogP contribution in [-0.2, 0) is 20.9 Å². The first-order chi connectivity index (χ1) is 7.61. The Morgan fingerprint density at radius 1 is 1.62 bits per heavy atom. The van der Waals surface area contributed by atoms with Gasteiger partial charge in [-0.15, -0.1) is 0 Å². The first kappa shape index (κ1) is 12.0. The van der Waals surface area contributed by atoms with Gasteiger partial charge in [0.2, 0.25) is 0 Å². The minimum absolute atomic E-state index is 0.0589. The van der Waals surface area contributed by atoms with Crippen molar-refractivity contribution in [2.24, 2.45) is 0 Å². The number of ether oxygens (including phenoxy) is 1. The molecule has 0 atom stereocenters. The van der Waals surface area contributed by atoms with Crippen molar-refractivity contribution < 1.29 is 14.3 Å². The van der Waals surface area contributed by atoms with E-state index in [1.807, 2.05) is 0 Å². The molecule has 1 aromatic rings. The lowest BCUT2D eigenvalue weighted by Gasteiger charge is -2.04. The van der Waals surface area contributed by atoms with Gasteiger partial charge in [0.25, 0.3) is 5.91 Å². The van der Waals surface area contributed by atoms with Crippen LogP contribution in [0.4, 0.5) is 5.69 Å². The van der Waals surface area contributed by atoms with Gasteiger partial charge < -0.3 is 15.8 Å². The summed E-state index contributed by atoms with van der Waals surface area (Å²) in [4.78, 5) is 22.2. The van der Waals surface area contributed by atoms with Gasteiger partial charge in [-0.1, -0.05) is 0 Å². The van der Waals surface area contributed by atoms with E-state index in [2.05, 4.69) is 10.4 Å². The molecule has 0 aliphatic heterocycles. The van der Waals surface area contributed by atoms with E-state index in [9.17, 15) is 9.59 Å². The van der Waals surface area contributed by atoms with Gasteiger partial charge in [0.15, 0.2) is 6.61 Å². The number of amides is 1. The molecule has 0 aliphatic rings. The molecule has 0 saturated heterocycles. The topological polar surface area (TPSA) is 99.2 Å². The molecule has 0 bridgehead atoms. The molecule has 0 spiro atoms. The molecule has 88 valence electrons. The Balaban J connectivity index is 2.28. The van der Waals surface area contributed by atoms with E-state index in [0.717, 1.165) is 0 Å². The van der Waals surface area contributed by atoms with Crippen LogP contribution in [0.2, 0.25) is 0 Å². The van der Waals surface area contributed by atoms with Gasteiger partial charge in [0.1, 0.15) is 6.54 Å². The quantitative estimate of drug-likeness (QED) is 0.637. The number of nitrogens with zero attached hydrogens (tertiary/aromatic N) is 2.